The Balaban J connectivity index is 1.55. The topological polar surface area (TPSA) is 12.0 Å². The highest BCUT2D eigenvalue weighted by Gasteiger charge is 2.38. The largest absolute Gasteiger partial charge is 0.309 e. The van der Waals surface area contributed by atoms with Crippen molar-refractivity contribution in [2.75, 3.05) is 0 Å². The van der Waals surface area contributed by atoms with Gasteiger partial charge in [0.1, 0.15) is 0 Å². The molecular formula is C16H23NS. The van der Waals surface area contributed by atoms with Crippen LogP contribution in [0.2, 0.25) is 0 Å². The van der Waals surface area contributed by atoms with Gasteiger partial charge in [-0.3, -0.25) is 0 Å². The van der Waals surface area contributed by atoms with Crippen LogP contribution in [-0.4, -0.2) is 6.04 Å². The first kappa shape index (κ1) is 12.4. The molecule has 4 atom stereocenters. The van der Waals surface area contributed by atoms with Crippen LogP contribution in [0.3, 0.4) is 0 Å². The second-order valence-corrected chi connectivity index (χ2v) is 7.41. The Hall–Kier alpha value is -0.600. The Morgan fingerprint density at radius 1 is 1.33 bits per heavy atom. The predicted octanol–water partition coefficient (Wildman–Crippen LogP) is 4.06. The monoisotopic (exact) mass is 261 g/mol. The minimum absolute atomic E-state index is 0.646. The van der Waals surface area contributed by atoms with Gasteiger partial charge in [0.2, 0.25) is 0 Å². The standard InChI is InChI=1S/C16H23NS/c1-10-6-15(18-12(10)3)9-17-11(2)16-8-13-4-5-14(16)7-13/h4-6,11,13-14,16-17H,7-9H2,1-3H3. The summed E-state index contributed by atoms with van der Waals surface area (Å²) in [6.45, 7) is 7.83. The highest BCUT2D eigenvalue weighted by atomic mass is 32.1. The summed E-state index contributed by atoms with van der Waals surface area (Å²) < 4.78 is 0. The first-order chi connectivity index (χ1) is 8.63. The van der Waals surface area contributed by atoms with Crippen molar-refractivity contribution in [3.05, 3.63) is 33.5 Å². The Kier molecular flexibility index (Phi) is 3.33. The zero-order valence-corrected chi connectivity index (χ0v) is 12.4. The first-order valence-electron chi connectivity index (χ1n) is 7.11. The van der Waals surface area contributed by atoms with Crippen molar-refractivity contribution in [2.45, 2.75) is 46.2 Å². The average molecular weight is 261 g/mol. The second kappa shape index (κ2) is 4.82. The van der Waals surface area contributed by atoms with Gasteiger partial charge in [-0.15, -0.1) is 11.3 Å². The average Bonchev–Trinajstić information content (AvgIpc) is 3.03. The van der Waals surface area contributed by atoms with E-state index in [-0.39, 0.29) is 0 Å². The van der Waals surface area contributed by atoms with E-state index in [1.54, 1.807) is 0 Å². The maximum absolute atomic E-state index is 3.74. The Morgan fingerprint density at radius 2 is 2.17 bits per heavy atom. The van der Waals surface area contributed by atoms with E-state index in [9.17, 15) is 0 Å². The molecule has 2 bridgehead atoms. The molecule has 0 spiro atoms. The van der Waals surface area contributed by atoms with E-state index in [1.807, 2.05) is 11.3 Å². The molecule has 1 N–H and O–H groups in total. The molecular weight excluding hydrogens is 238 g/mol. The molecule has 1 heterocycles. The van der Waals surface area contributed by atoms with Gasteiger partial charge in [0.15, 0.2) is 0 Å². The SMILES string of the molecule is Cc1cc(CNC(C)C2CC3C=CC2C3)sc1C. The van der Waals surface area contributed by atoms with E-state index in [2.05, 4.69) is 44.3 Å². The van der Waals surface area contributed by atoms with Crippen LogP contribution in [0.15, 0.2) is 18.2 Å². The smallest absolute Gasteiger partial charge is 0.0302 e. The van der Waals surface area contributed by atoms with E-state index in [4.69, 9.17) is 0 Å². The molecule has 0 amide bonds. The van der Waals surface area contributed by atoms with Gasteiger partial charge >= 0.3 is 0 Å². The molecule has 1 nitrogen and oxygen atoms in total. The lowest BCUT2D eigenvalue weighted by Gasteiger charge is -2.26. The third-order valence-electron chi connectivity index (χ3n) is 4.79. The van der Waals surface area contributed by atoms with Crippen LogP contribution in [0.25, 0.3) is 0 Å². The van der Waals surface area contributed by atoms with Crippen LogP contribution < -0.4 is 5.32 Å². The van der Waals surface area contributed by atoms with Crippen LogP contribution in [-0.2, 0) is 6.54 Å². The molecule has 98 valence electrons. The molecule has 0 saturated heterocycles. The normalized spacial score (nSPS) is 31.2. The van der Waals surface area contributed by atoms with Gasteiger partial charge in [-0.05, 0) is 63.0 Å². The number of allylic oxidation sites excluding steroid dienone is 2. The lowest BCUT2D eigenvalue weighted by atomic mass is 9.87. The zero-order chi connectivity index (χ0) is 12.7. The van der Waals surface area contributed by atoms with Crippen molar-refractivity contribution in [1.82, 2.24) is 5.32 Å². The number of fused-ring (bicyclic) bond motifs is 2. The minimum Gasteiger partial charge on any atom is -0.309 e. The van der Waals surface area contributed by atoms with Gasteiger partial charge in [0.25, 0.3) is 0 Å². The lowest BCUT2D eigenvalue weighted by molar-refractivity contribution is 0.327. The quantitative estimate of drug-likeness (QED) is 0.806. The summed E-state index contributed by atoms with van der Waals surface area (Å²) in [5, 5.41) is 3.74. The number of hydrogen-bond acceptors (Lipinski definition) is 2. The minimum atomic E-state index is 0.646. The van der Waals surface area contributed by atoms with Crippen molar-refractivity contribution >= 4 is 11.3 Å². The summed E-state index contributed by atoms with van der Waals surface area (Å²) in [7, 11) is 0. The molecule has 2 aliphatic carbocycles. The van der Waals surface area contributed by atoms with Gasteiger partial charge in [-0.1, -0.05) is 12.2 Å². The fourth-order valence-corrected chi connectivity index (χ4v) is 4.55. The van der Waals surface area contributed by atoms with Crippen molar-refractivity contribution in [3.63, 3.8) is 0 Å². The Labute approximate surface area is 114 Å². The molecule has 1 fully saturated rings. The van der Waals surface area contributed by atoms with E-state index in [1.165, 1.54) is 28.2 Å². The van der Waals surface area contributed by atoms with E-state index in [0.717, 1.165) is 24.3 Å². The van der Waals surface area contributed by atoms with Gasteiger partial charge in [0, 0.05) is 22.3 Å². The molecule has 0 aromatic carbocycles. The second-order valence-electron chi connectivity index (χ2n) is 6.07. The highest BCUT2D eigenvalue weighted by molar-refractivity contribution is 7.12. The molecule has 18 heavy (non-hydrogen) atoms. The number of rotatable bonds is 4. The van der Waals surface area contributed by atoms with Gasteiger partial charge in [0.05, 0.1) is 0 Å². The molecule has 1 aromatic rings. The first-order valence-corrected chi connectivity index (χ1v) is 7.92. The summed E-state index contributed by atoms with van der Waals surface area (Å²) in [6, 6.07) is 2.98. The van der Waals surface area contributed by atoms with Gasteiger partial charge < -0.3 is 5.32 Å². The van der Waals surface area contributed by atoms with Gasteiger partial charge in [-0.2, -0.15) is 0 Å². The molecule has 0 aliphatic heterocycles. The van der Waals surface area contributed by atoms with Crippen molar-refractivity contribution < 1.29 is 0 Å². The predicted molar refractivity (Wildman–Crippen MR) is 78.9 cm³/mol. The molecule has 1 saturated carbocycles. The maximum Gasteiger partial charge on any atom is 0.0302 e. The van der Waals surface area contributed by atoms with Crippen LogP contribution in [0.1, 0.15) is 35.1 Å². The number of thiophene rings is 1. The summed E-state index contributed by atoms with van der Waals surface area (Å²) in [6.07, 6.45) is 7.70. The van der Waals surface area contributed by atoms with Gasteiger partial charge in [-0.25, -0.2) is 0 Å². The molecule has 4 unspecified atom stereocenters. The van der Waals surface area contributed by atoms with Crippen LogP contribution >= 0.6 is 11.3 Å². The summed E-state index contributed by atoms with van der Waals surface area (Å²) in [5.74, 6) is 2.60. The Morgan fingerprint density at radius 3 is 2.72 bits per heavy atom. The zero-order valence-electron chi connectivity index (χ0n) is 11.6. The van der Waals surface area contributed by atoms with Crippen LogP contribution in [0, 0.1) is 31.6 Å². The third kappa shape index (κ3) is 2.28. The molecule has 3 rings (SSSR count). The fraction of sp³-hybridized carbons (Fsp3) is 0.625. The van der Waals surface area contributed by atoms with E-state index in [0.29, 0.717) is 6.04 Å². The van der Waals surface area contributed by atoms with Crippen LogP contribution in [0.5, 0.6) is 0 Å². The number of hydrogen-bond donors (Lipinski definition) is 1. The highest BCUT2D eigenvalue weighted by Crippen LogP contribution is 2.44. The maximum atomic E-state index is 3.74. The Bertz CT molecular complexity index is 440. The fourth-order valence-electron chi connectivity index (χ4n) is 3.55. The molecule has 2 heteroatoms. The van der Waals surface area contributed by atoms with Crippen molar-refractivity contribution in [2.24, 2.45) is 17.8 Å². The number of aryl methyl sites for hydroxylation is 2. The molecule has 1 aromatic heterocycles. The summed E-state index contributed by atoms with van der Waals surface area (Å²) in [4.78, 5) is 2.94. The summed E-state index contributed by atoms with van der Waals surface area (Å²) >= 11 is 1.94. The third-order valence-corrected chi connectivity index (χ3v) is 5.94. The molecule has 2 aliphatic rings. The van der Waals surface area contributed by atoms with Crippen LogP contribution in [0.4, 0.5) is 0 Å². The van der Waals surface area contributed by atoms with E-state index < -0.39 is 0 Å². The summed E-state index contributed by atoms with van der Waals surface area (Å²) in [5.41, 5.74) is 1.44. The lowest BCUT2D eigenvalue weighted by Crippen LogP contribution is -2.34. The number of nitrogens with one attached hydrogen (secondary N) is 1. The van der Waals surface area contributed by atoms with Crippen molar-refractivity contribution in [3.8, 4) is 0 Å². The van der Waals surface area contributed by atoms with Crippen molar-refractivity contribution in [1.29, 1.82) is 0 Å². The van der Waals surface area contributed by atoms with E-state index >= 15 is 0 Å². The molecule has 0 radical (unpaired) electrons.